The molecular weight excluding hydrogens is 320 g/mol. The van der Waals surface area contributed by atoms with Gasteiger partial charge in [0.2, 0.25) is 5.95 Å². The van der Waals surface area contributed by atoms with Crippen molar-refractivity contribution in [3.8, 4) is 11.4 Å². The zero-order valence-corrected chi connectivity index (χ0v) is 14.4. The van der Waals surface area contributed by atoms with E-state index >= 15 is 0 Å². The molecule has 2 unspecified atom stereocenters. The van der Waals surface area contributed by atoms with Crippen molar-refractivity contribution in [2.75, 3.05) is 18.5 Å². The minimum Gasteiger partial charge on any atom is -0.325 e. The molecule has 0 saturated carbocycles. The Morgan fingerprint density at radius 3 is 2.56 bits per heavy atom. The predicted octanol–water partition coefficient (Wildman–Crippen LogP) is 1.47. The van der Waals surface area contributed by atoms with Crippen LogP contribution in [0.3, 0.4) is 0 Å². The van der Waals surface area contributed by atoms with Gasteiger partial charge in [-0.05, 0) is 5.92 Å². The number of carbonyl (C=O) groups excluding carboxylic acids is 2. The molecular formula is C17H20N6O2. The largest absolute Gasteiger partial charge is 0.325 e. The third-order valence-electron chi connectivity index (χ3n) is 4.63. The lowest BCUT2D eigenvalue weighted by Gasteiger charge is -2.37. The Bertz CT molecular complexity index is 831. The summed E-state index contributed by atoms with van der Waals surface area (Å²) in [6.07, 6.45) is -0.458. The number of hydrogen-bond acceptors (Lipinski definition) is 5. The summed E-state index contributed by atoms with van der Waals surface area (Å²) in [6, 6.07) is 8.77. The van der Waals surface area contributed by atoms with E-state index in [1.165, 1.54) is 0 Å². The number of fused-ring (bicyclic) bond motifs is 3. The number of rotatable bonds is 3. The van der Waals surface area contributed by atoms with E-state index in [0.717, 1.165) is 5.56 Å². The highest BCUT2D eigenvalue weighted by molar-refractivity contribution is 6.02. The maximum atomic E-state index is 12.6. The van der Waals surface area contributed by atoms with Crippen molar-refractivity contribution >= 4 is 17.9 Å². The average Bonchev–Trinajstić information content (AvgIpc) is 3.13. The monoisotopic (exact) mass is 340 g/mol. The van der Waals surface area contributed by atoms with Crippen LogP contribution in [0.2, 0.25) is 0 Å². The summed E-state index contributed by atoms with van der Waals surface area (Å²) in [5.41, 5.74) is 0.901. The topological polar surface area (TPSA) is 83.4 Å². The summed E-state index contributed by atoms with van der Waals surface area (Å²) in [5.74, 6) is 1.32. The van der Waals surface area contributed by atoms with E-state index in [9.17, 15) is 9.59 Å². The molecule has 1 saturated heterocycles. The minimum atomic E-state index is -0.502. The smallest absolute Gasteiger partial charge is 0.325 e. The van der Waals surface area contributed by atoms with Crippen molar-refractivity contribution in [3.63, 3.8) is 0 Å². The van der Waals surface area contributed by atoms with Gasteiger partial charge >= 0.3 is 6.03 Å². The molecule has 8 nitrogen and oxygen atoms in total. The van der Waals surface area contributed by atoms with E-state index in [2.05, 4.69) is 29.4 Å². The second-order valence-electron chi connectivity index (χ2n) is 6.87. The Morgan fingerprint density at radius 1 is 1.16 bits per heavy atom. The molecule has 1 N–H and O–H groups in total. The Kier molecular flexibility index (Phi) is 3.48. The van der Waals surface area contributed by atoms with E-state index in [0.29, 0.717) is 24.2 Å². The lowest BCUT2D eigenvalue weighted by molar-refractivity contribution is -0.124. The van der Waals surface area contributed by atoms with Gasteiger partial charge < -0.3 is 9.80 Å². The van der Waals surface area contributed by atoms with E-state index < -0.39 is 18.2 Å². The maximum Gasteiger partial charge on any atom is 0.325 e. The number of hydrogen-bond donors (Lipinski definition) is 1. The van der Waals surface area contributed by atoms with Crippen molar-refractivity contribution in [2.24, 2.45) is 5.92 Å². The van der Waals surface area contributed by atoms with Gasteiger partial charge in [0.1, 0.15) is 6.17 Å². The maximum absolute atomic E-state index is 12.6. The number of carbonyl (C=O) groups is 2. The molecule has 2 aliphatic heterocycles. The number of imide groups is 1. The molecule has 1 fully saturated rings. The molecule has 130 valence electrons. The predicted molar refractivity (Wildman–Crippen MR) is 91.8 cm³/mol. The fraction of sp³-hybridized carbons (Fsp3) is 0.412. The molecule has 4 rings (SSSR count). The molecule has 3 amide bonds. The standard InChI is InChI=1S/C17H20N6O2/c1-10(2)9-22-12-14(24)18-17(25)21(3)15(12)23-13(19-20-16(22)23)11-7-5-4-6-8-11/h4-8,10,12,15H,9H2,1-3H3,(H,18,24,25). The Labute approximate surface area is 145 Å². The molecule has 0 radical (unpaired) electrons. The zero-order chi connectivity index (χ0) is 17.7. The van der Waals surface area contributed by atoms with Gasteiger partial charge in [-0.2, -0.15) is 0 Å². The van der Waals surface area contributed by atoms with Gasteiger partial charge in [0, 0.05) is 19.2 Å². The number of aromatic nitrogens is 3. The zero-order valence-electron chi connectivity index (χ0n) is 14.4. The van der Waals surface area contributed by atoms with Gasteiger partial charge in [-0.25, -0.2) is 4.79 Å². The van der Waals surface area contributed by atoms with Crippen LogP contribution in [0.5, 0.6) is 0 Å². The first kappa shape index (κ1) is 15.6. The number of amides is 3. The SMILES string of the molecule is CC(C)CN1c2nnc(-c3ccccc3)n2C2C1C(=O)NC(=O)N2C. The first-order chi connectivity index (χ1) is 12.0. The van der Waals surface area contributed by atoms with Crippen LogP contribution in [0.15, 0.2) is 30.3 Å². The second kappa shape index (κ2) is 5.58. The number of likely N-dealkylation sites (N-methyl/N-ethyl adjacent to an activating group) is 1. The Balaban J connectivity index is 1.88. The summed E-state index contributed by atoms with van der Waals surface area (Å²) in [5, 5.41) is 11.1. The highest BCUT2D eigenvalue weighted by Crippen LogP contribution is 2.40. The van der Waals surface area contributed by atoms with Crippen molar-refractivity contribution in [2.45, 2.75) is 26.1 Å². The van der Waals surface area contributed by atoms with Crippen molar-refractivity contribution < 1.29 is 9.59 Å². The first-order valence-electron chi connectivity index (χ1n) is 8.33. The molecule has 0 spiro atoms. The molecule has 0 aliphatic carbocycles. The summed E-state index contributed by atoms with van der Waals surface area (Å²) in [4.78, 5) is 28.3. The van der Waals surface area contributed by atoms with Gasteiger partial charge in [-0.3, -0.25) is 14.7 Å². The molecule has 2 atom stereocenters. The van der Waals surface area contributed by atoms with Crippen LogP contribution in [-0.2, 0) is 4.79 Å². The quantitative estimate of drug-likeness (QED) is 0.915. The van der Waals surface area contributed by atoms with Gasteiger partial charge in [-0.1, -0.05) is 44.2 Å². The lowest BCUT2D eigenvalue weighted by Crippen LogP contribution is -2.61. The number of nitrogens with zero attached hydrogens (tertiary/aromatic N) is 5. The number of urea groups is 1. The molecule has 3 heterocycles. The van der Waals surface area contributed by atoms with E-state index in [-0.39, 0.29) is 5.91 Å². The van der Waals surface area contributed by atoms with Crippen LogP contribution in [0, 0.1) is 5.92 Å². The summed E-state index contributed by atoms with van der Waals surface area (Å²) in [7, 11) is 1.69. The number of nitrogens with one attached hydrogen (secondary N) is 1. The van der Waals surface area contributed by atoms with Gasteiger partial charge in [-0.15, -0.1) is 10.2 Å². The normalized spacial score (nSPS) is 22.2. The molecule has 1 aromatic heterocycles. The number of benzene rings is 1. The van der Waals surface area contributed by atoms with Crippen LogP contribution in [0.1, 0.15) is 20.0 Å². The highest BCUT2D eigenvalue weighted by Gasteiger charge is 2.52. The molecule has 8 heteroatoms. The molecule has 0 bridgehead atoms. The summed E-state index contributed by atoms with van der Waals surface area (Å²) >= 11 is 0. The van der Waals surface area contributed by atoms with Crippen molar-refractivity contribution in [3.05, 3.63) is 30.3 Å². The summed E-state index contributed by atoms with van der Waals surface area (Å²) < 4.78 is 1.90. The molecule has 25 heavy (non-hydrogen) atoms. The van der Waals surface area contributed by atoms with E-state index in [4.69, 9.17) is 0 Å². The van der Waals surface area contributed by atoms with Crippen LogP contribution in [-0.4, -0.2) is 51.2 Å². The van der Waals surface area contributed by atoms with E-state index in [1.54, 1.807) is 11.9 Å². The van der Waals surface area contributed by atoms with Gasteiger partial charge in [0.25, 0.3) is 5.91 Å². The first-order valence-corrected chi connectivity index (χ1v) is 8.33. The number of anilines is 1. The van der Waals surface area contributed by atoms with Crippen molar-refractivity contribution in [1.29, 1.82) is 0 Å². The Morgan fingerprint density at radius 2 is 1.88 bits per heavy atom. The third-order valence-corrected chi connectivity index (χ3v) is 4.63. The minimum absolute atomic E-state index is 0.293. The van der Waals surface area contributed by atoms with E-state index in [1.807, 2.05) is 39.8 Å². The van der Waals surface area contributed by atoms with Crippen LogP contribution >= 0.6 is 0 Å². The fourth-order valence-corrected chi connectivity index (χ4v) is 3.57. The van der Waals surface area contributed by atoms with Gasteiger partial charge in [0.15, 0.2) is 11.9 Å². The molecule has 2 aliphatic rings. The molecule has 1 aromatic carbocycles. The fourth-order valence-electron chi connectivity index (χ4n) is 3.57. The summed E-state index contributed by atoms with van der Waals surface area (Å²) in [6.45, 7) is 4.83. The van der Waals surface area contributed by atoms with Crippen LogP contribution in [0.25, 0.3) is 11.4 Å². The third kappa shape index (κ3) is 2.28. The Hall–Kier alpha value is -2.90. The van der Waals surface area contributed by atoms with Gasteiger partial charge in [0.05, 0.1) is 0 Å². The lowest BCUT2D eigenvalue weighted by atomic mass is 10.1. The van der Waals surface area contributed by atoms with Crippen LogP contribution in [0.4, 0.5) is 10.7 Å². The van der Waals surface area contributed by atoms with Crippen LogP contribution < -0.4 is 10.2 Å². The second-order valence-corrected chi connectivity index (χ2v) is 6.87. The molecule has 2 aromatic rings. The highest BCUT2D eigenvalue weighted by atomic mass is 16.2. The van der Waals surface area contributed by atoms with Crippen molar-refractivity contribution in [1.82, 2.24) is 25.0 Å². The average molecular weight is 340 g/mol.